The Morgan fingerprint density at radius 3 is 2.60 bits per heavy atom. The van der Waals surface area contributed by atoms with Gasteiger partial charge in [-0.1, -0.05) is 0 Å². The lowest BCUT2D eigenvalue weighted by molar-refractivity contribution is 0.0960. The second-order valence-electron chi connectivity index (χ2n) is 5.33. The van der Waals surface area contributed by atoms with Gasteiger partial charge in [0, 0.05) is 44.7 Å². The van der Waals surface area contributed by atoms with E-state index in [1.807, 2.05) is 26.0 Å². The minimum atomic E-state index is 0.229. The first-order chi connectivity index (χ1) is 9.63. The molecule has 0 atom stereocenters. The van der Waals surface area contributed by atoms with Crippen molar-refractivity contribution in [3.63, 3.8) is 0 Å². The normalized spacial score (nSPS) is 16.1. The molecule has 1 aromatic rings. The first-order valence-electron chi connectivity index (χ1n) is 7.24. The van der Waals surface area contributed by atoms with E-state index in [-0.39, 0.29) is 5.78 Å². The van der Waals surface area contributed by atoms with Crippen molar-refractivity contribution < 1.29 is 9.53 Å². The van der Waals surface area contributed by atoms with E-state index in [9.17, 15) is 4.79 Å². The first-order valence-corrected chi connectivity index (χ1v) is 7.24. The number of carbonyl (C=O) groups is 1. The molecule has 0 radical (unpaired) electrons. The summed E-state index contributed by atoms with van der Waals surface area (Å²) in [5.74, 6) is 1.08. The topological polar surface area (TPSA) is 41.6 Å². The lowest BCUT2D eigenvalue weighted by Crippen LogP contribution is -2.44. The third-order valence-corrected chi connectivity index (χ3v) is 4.12. The fourth-order valence-electron chi connectivity index (χ4n) is 2.65. The van der Waals surface area contributed by atoms with E-state index in [1.54, 1.807) is 7.11 Å². The summed E-state index contributed by atoms with van der Waals surface area (Å²) in [6, 6.07) is 3.78. The molecule has 1 fully saturated rings. The summed E-state index contributed by atoms with van der Waals surface area (Å²) < 4.78 is 5.29. The Hall–Kier alpha value is -1.39. The molecule has 1 aromatic carbocycles. The van der Waals surface area contributed by atoms with Crippen molar-refractivity contribution in [1.29, 1.82) is 0 Å². The molecule has 0 spiro atoms. The third-order valence-electron chi connectivity index (χ3n) is 4.12. The molecule has 0 saturated carbocycles. The van der Waals surface area contributed by atoms with Crippen molar-refractivity contribution in [3.8, 4) is 5.75 Å². The molecular formula is C16H24N2O2. The molecule has 0 aromatic heterocycles. The first kappa shape index (κ1) is 15.0. The van der Waals surface area contributed by atoms with Gasteiger partial charge in [0.15, 0.2) is 5.78 Å². The summed E-state index contributed by atoms with van der Waals surface area (Å²) in [6.45, 7) is 8.97. The largest absolute Gasteiger partial charge is 0.496 e. The molecule has 110 valence electrons. The summed E-state index contributed by atoms with van der Waals surface area (Å²) in [6.07, 6.45) is 0.590. The number of Topliss-reactive ketones (excluding diaryl/α,β-unsaturated/α-hetero) is 1. The van der Waals surface area contributed by atoms with Crippen LogP contribution in [0.4, 0.5) is 0 Å². The molecule has 20 heavy (non-hydrogen) atoms. The van der Waals surface area contributed by atoms with Crippen molar-refractivity contribution in [2.75, 3.05) is 39.8 Å². The van der Waals surface area contributed by atoms with Crippen LogP contribution in [0.25, 0.3) is 0 Å². The average Bonchev–Trinajstić information content (AvgIpc) is 2.48. The fraction of sp³-hybridized carbons (Fsp3) is 0.562. The highest BCUT2D eigenvalue weighted by atomic mass is 16.5. The van der Waals surface area contributed by atoms with Crippen LogP contribution in [0.3, 0.4) is 0 Å². The molecule has 0 bridgehead atoms. The van der Waals surface area contributed by atoms with E-state index in [2.05, 4.69) is 10.2 Å². The minimum Gasteiger partial charge on any atom is -0.496 e. The second kappa shape index (κ2) is 6.86. The Morgan fingerprint density at radius 1 is 1.25 bits per heavy atom. The summed E-state index contributed by atoms with van der Waals surface area (Å²) >= 11 is 0. The highest BCUT2D eigenvalue weighted by Gasteiger charge is 2.15. The van der Waals surface area contributed by atoms with E-state index >= 15 is 0 Å². The Kier molecular flexibility index (Phi) is 5.15. The smallest absolute Gasteiger partial charge is 0.164 e. The Labute approximate surface area is 121 Å². The lowest BCUT2D eigenvalue weighted by atomic mass is 9.97. The fourth-order valence-corrected chi connectivity index (χ4v) is 2.65. The van der Waals surface area contributed by atoms with E-state index in [0.29, 0.717) is 6.42 Å². The standard InChI is InChI=1S/C16H24N2O2/c1-12-13(2)16(20-3)5-4-14(12)15(19)6-9-18-10-7-17-8-11-18/h4-5,17H,6-11H2,1-3H3. The molecule has 2 rings (SSSR count). The van der Waals surface area contributed by atoms with Gasteiger partial charge in [-0.15, -0.1) is 0 Å². The molecule has 1 N–H and O–H groups in total. The van der Waals surface area contributed by atoms with Crippen LogP contribution in [0.2, 0.25) is 0 Å². The maximum absolute atomic E-state index is 12.4. The maximum atomic E-state index is 12.4. The summed E-state index contributed by atoms with van der Waals surface area (Å²) in [5.41, 5.74) is 2.92. The number of nitrogens with one attached hydrogen (secondary N) is 1. The van der Waals surface area contributed by atoms with Gasteiger partial charge in [0.05, 0.1) is 7.11 Å². The quantitative estimate of drug-likeness (QED) is 0.833. The zero-order chi connectivity index (χ0) is 14.5. The highest BCUT2D eigenvalue weighted by molar-refractivity contribution is 5.98. The molecule has 1 aliphatic rings. The van der Waals surface area contributed by atoms with Crippen LogP contribution >= 0.6 is 0 Å². The average molecular weight is 276 g/mol. The van der Waals surface area contributed by atoms with E-state index < -0.39 is 0 Å². The van der Waals surface area contributed by atoms with Gasteiger partial charge in [-0.25, -0.2) is 0 Å². The monoisotopic (exact) mass is 276 g/mol. The Bertz CT molecular complexity index is 480. The predicted molar refractivity (Wildman–Crippen MR) is 80.7 cm³/mol. The lowest BCUT2D eigenvalue weighted by Gasteiger charge is -2.26. The van der Waals surface area contributed by atoms with Gasteiger partial charge in [0.2, 0.25) is 0 Å². The van der Waals surface area contributed by atoms with Gasteiger partial charge in [0.25, 0.3) is 0 Å². The molecule has 1 heterocycles. The molecule has 4 nitrogen and oxygen atoms in total. The van der Waals surface area contributed by atoms with Gasteiger partial charge in [-0.3, -0.25) is 4.79 Å². The predicted octanol–water partition coefficient (Wildman–Crippen LogP) is 1.79. The van der Waals surface area contributed by atoms with Crippen molar-refractivity contribution >= 4 is 5.78 Å². The van der Waals surface area contributed by atoms with Gasteiger partial charge in [-0.05, 0) is 37.1 Å². The van der Waals surface area contributed by atoms with Crippen molar-refractivity contribution in [1.82, 2.24) is 10.2 Å². The number of ether oxygens (including phenoxy) is 1. The van der Waals surface area contributed by atoms with E-state index in [0.717, 1.165) is 55.2 Å². The number of methoxy groups -OCH3 is 1. The van der Waals surface area contributed by atoms with Gasteiger partial charge in [0.1, 0.15) is 5.75 Å². The number of benzene rings is 1. The molecule has 0 amide bonds. The second-order valence-corrected chi connectivity index (χ2v) is 5.33. The number of rotatable bonds is 5. The summed E-state index contributed by atoms with van der Waals surface area (Å²) in [4.78, 5) is 14.7. The van der Waals surface area contributed by atoms with Crippen molar-refractivity contribution in [2.45, 2.75) is 20.3 Å². The van der Waals surface area contributed by atoms with Crippen LogP contribution in [0.5, 0.6) is 5.75 Å². The zero-order valence-electron chi connectivity index (χ0n) is 12.7. The molecular weight excluding hydrogens is 252 g/mol. The number of hydrogen-bond donors (Lipinski definition) is 1. The van der Waals surface area contributed by atoms with Crippen LogP contribution < -0.4 is 10.1 Å². The molecule has 1 saturated heterocycles. The molecule has 0 aliphatic carbocycles. The summed E-state index contributed by atoms with van der Waals surface area (Å²) in [7, 11) is 1.66. The minimum absolute atomic E-state index is 0.229. The molecule has 1 aliphatic heterocycles. The van der Waals surface area contributed by atoms with Gasteiger partial charge in [-0.2, -0.15) is 0 Å². The Morgan fingerprint density at radius 2 is 1.95 bits per heavy atom. The number of carbonyl (C=O) groups excluding carboxylic acids is 1. The summed E-state index contributed by atoms with van der Waals surface area (Å²) in [5, 5.41) is 3.32. The maximum Gasteiger partial charge on any atom is 0.164 e. The number of piperazine rings is 1. The number of nitrogens with zero attached hydrogens (tertiary/aromatic N) is 1. The Balaban J connectivity index is 2.00. The number of ketones is 1. The van der Waals surface area contributed by atoms with Gasteiger partial charge >= 0.3 is 0 Å². The highest BCUT2D eigenvalue weighted by Crippen LogP contribution is 2.24. The van der Waals surface area contributed by atoms with Crippen LogP contribution in [-0.2, 0) is 0 Å². The molecule has 4 heteroatoms. The van der Waals surface area contributed by atoms with Crippen LogP contribution in [-0.4, -0.2) is 50.5 Å². The van der Waals surface area contributed by atoms with Crippen molar-refractivity contribution in [2.24, 2.45) is 0 Å². The van der Waals surface area contributed by atoms with Crippen LogP contribution in [0.1, 0.15) is 27.9 Å². The SMILES string of the molecule is COc1ccc(C(=O)CCN2CCNCC2)c(C)c1C. The van der Waals surface area contributed by atoms with Crippen molar-refractivity contribution in [3.05, 3.63) is 28.8 Å². The van der Waals surface area contributed by atoms with Crippen LogP contribution in [0.15, 0.2) is 12.1 Å². The third kappa shape index (κ3) is 3.38. The molecule has 0 unspecified atom stereocenters. The van der Waals surface area contributed by atoms with E-state index in [1.165, 1.54) is 0 Å². The van der Waals surface area contributed by atoms with Crippen LogP contribution in [0, 0.1) is 13.8 Å². The zero-order valence-corrected chi connectivity index (χ0v) is 12.7. The number of hydrogen-bond acceptors (Lipinski definition) is 4. The van der Waals surface area contributed by atoms with Gasteiger partial charge < -0.3 is 15.0 Å². The van der Waals surface area contributed by atoms with E-state index in [4.69, 9.17) is 4.74 Å².